The zero-order valence-corrected chi connectivity index (χ0v) is 11.6. The van der Waals surface area contributed by atoms with Crippen LogP contribution in [0.3, 0.4) is 0 Å². The van der Waals surface area contributed by atoms with Crippen LogP contribution in [0.2, 0.25) is 0 Å². The summed E-state index contributed by atoms with van der Waals surface area (Å²) in [5.41, 5.74) is 1.62. The van der Waals surface area contributed by atoms with Gasteiger partial charge in [-0.2, -0.15) is 0 Å². The number of carboxylic acid groups (broad SMARTS) is 1. The molecule has 2 amide bonds. The van der Waals surface area contributed by atoms with Crippen LogP contribution in [-0.4, -0.2) is 41.6 Å². The number of hydrogen-bond acceptors (Lipinski definition) is 2. The first-order chi connectivity index (χ1) is 10.0. The minimum atomic E-state index is -0.831. The Morgan fingerprint density at radius 1 is 1.33 bits per heavy atom. The second-order valence-corrected chi connectivity index (χ2v) is 5.66. The SMILES string of the molecule is O=C(O)CC1CCN(C(=O)N2CCc3ccc(F)cc32)C1. The fourth-order valence-electron chi connectivity index (χ4n) is 3.14. The Balaban J connectivity index is 1.71. The summed E-state index contributed by atoms with van der Waals surface area (Å²) in [6, 6.07) is 4.37. The molecule has 21 heavy (non-hydrogen) atoms. The molecule has 0 radical (unpaired) electrons. The van der Waals surface area contributed by atoms with Gasteiger partial charge >= 0.3 is 12.0 Å². The number of anilines is 1. The van der Waals surface area contributed by atoms with Gasteiger partial charge in [-0.05, 0) is 36.5 Å². The fourth-order valence-corrected chi connectivity index (χ4v) is 3.14. The van der Waals surface area contributed by atoms with Crippen molar-refractivity contribution in [2.75, 3.05) is 24.5 Å². The van der Waals surface area contributed by atoms with Gasteiger partial charge in [-0.3, -0.25) is 9.69 Å². The predicted molar refractivity (Wildman–Crippen MR) is 74.8 cm³/mol. The molecule has 6 heteroatoms. The molecule has 2 heterocycles. The van der Waals surface area contributed by atoms with Gasteiger partial charge in [0.05, 0.1) is 5.69 Å². The van der Waals surface area contributed by atoms with Crippen molar-refractivity contribution in [2.45, 2.75) is 19.3 Å². The van der Waals surface area contributed by atoms with E-state index in [1.807, 2.05) is 0 Å². The molecule has 2 aliphatic rings. The van der Waals surface area contributed by atoms with E-state index in [0.717, 1.165) is 12.0 Å². The lowest BCUT2D eigenvalue weighted by Crippen LogP contribution is -2.41. The number of aliphatic carboxylic acids is 1. The maximum atomic E-state index is 13.4. The van der Waals surface area contributed by atoms with Crippen molar-refractivity contribution >= 4 is 17.7 Å². The molecule has 0 saturated carbocycles. The molecular weight excluding hydrogens is 275 g/mol. The van der Waals surface area contributed by atoms with Crippen LogP contribution in [0, 0.1) is 11.7 Å². The van der Waals surface area contributed by atoms with E-state index in [4.69, 9.17) is 5.11 Å². The Kier molecular flexibility index (Phi) is 3.53. The number of halogens is 1. The Bertz CT molecular complexity index is 590. The number of urea groups is 1. The topological polar surface area (TPSA) is 60.9 Å². The number of carbonyl (C=O) groups excluding carboxylic acids is 1. The Morgan fingerprint density at radius 2 is 2.14 bits per heavy atom. The maximum absolute atomic E-state index is 13.4. The van der Waals surface area contributed by atoms with E-state index in [1.165, 1.54) is 12.1 Å². The molecule has 1 atom stereocenters. The largest absolute Gasteiger partial charge is 0.481 e. The van der Waals surface area contributed by atoms with Crippen molar-refractivity contribution < 1.29 is 19.1 Å². The molecule has 2 aliphatic heterocycles. The number of carbonyl (C=O) groups is 2. The van der Waals surface area contributed by atoms with E-state index in [1.54, 1.807) is 15.9 Å². The first-order valence-electron chi connectivity index (χ1n) is 7.11. The molecule has 1 saturated heterocycles. The van der Waals surface area contributed by atoms with E-state index >= 15 is 0 Å². The lowest BCUT2D eigenvalue weighted by atomic mass is 10.1. The summed E-state index contributed by atoms with van der Waals surface area (Å²) < 4.78 is 13.4. The van der Waals surface area contributed by atoms with Crippen LogP contribution in [0.5, 0.6) is 0 Å². The van der Waals surface area contributed by atoms with Gasteiger partial charge < -0.3 is 10.0 Å². The number of likely N-dealkylation sites (tertiary alicyclic amines) is 1. The summed E-state index contributed by atoms with van der Waals surface area (Å²) in [7, 11) is 0. The summed E-state index contributed by atoms with van der Waals surface area (Å²) in [6.45, 7) is 1.59. The van der Waals surface area contributed by atoms with Crippen molar-refractivity contribution in [3.63, 3.8) is 0 Å². The second-order valence-electron chi connectivity index (χ2n) is 5.66. The predicted octanol–water partition coefficient (Wildman–Crippen LogP) is 2.10. The maximum Gasteiger partial charge on any atom is 0.324 e. The average molecular weight is 292 g/mol. The summed E-state index contributed by atoms with van der Waals surface area (Å²) in [5, 5.41) is 8.82. The number of rotatable bonds is 2. The number of nitrogens with zero attached hydrogens (tertiary/aromatic N) is 2. The van der Waals surface area contributed by atoms with Gasteiger partial charge in [-0.25, -0.2) is 9.18 Å². The molecule has 0 spiro atoms. The molecule has 5 nitrogen and oxygen atoms in total. The average Bonchev–Trinajstić information content (AvgIpc) is 3.03. The minimum Gasteiger partial charge on any atom is -0.481 e. The molecular formula is C15H17FN2O3. The highest BCUT2D eigenvalue weighted by molar-refractivity contribution is 5.94. The minimum absolute atomic E-state index is 0.0148. The molecule has 1 unspecified atom stereocenters. The van der Waals surface area contributed by atoms with Crippen LogP contribution in [-0.2, 0) is 11.2 Å². The number of hydrogen-bond donors (Lipinski definition) is 1. The highest BCUT2D eigenvalue weighted by atomic mass is 19.1. The van der Waals surface area contributed by atoms with Crippen LogP contribution in [0.4, 0.5) is 14.9 Å². The molecule has 112 valence electrons. The fraction of sp³-hybridized carbons (Fsp3) is 0.467. The van der Waals surface area contributed by atoms with Crippen LogP contribution in [0.25, 0.3) is 0 Å². The lowest BCUT2D eigenvalue weighted by Gasteiger charge is -2.25. The van der Waals surface area contributed by atoms with Gasteiger partial charge in [0.25, 0.3) is 0 Å². The van der Waals surface area contributed by atoms with E-state index in [0.29, 0.717) is 31.7 Å². The van der Waals surface area contributed by atoms with Crippen molar-refractivity contribution in [1.29, 1.82) is 0 Å². The molecule has 3 rings (SSSR count). The summed E-state index contributed by atoms with van der Waals surface area (Å²) in [6.07, 6.45) is 1.53. The number of carboxylic acids is 1. The lowest BCUT2D eigenvalue weighted by molar-refractivity contribution is -0.138. The Morgan fingerprint density at radius 3 is 2.90 bits per heavy atom. The summed E-state index contributed by atoms with van der Waals surface area (Å²) in [4.78, 5) is 26.5. The highest BCUT2D eigenvalue weighted by Gasteiger charge is 2.33. The van der Waals surface area contributed by atoms with Crippen molar-refractivity contribution in [2.24, 2.45) is 5.92 Å². The van der Waals surface area contributed by atoms with E-state index in [9.17, 15) is 14.0 Å². The van der Waals surface area contributed by atoms with Crippen LogP contribution < -0.4 is 4.90 Å². The van der Waals surface area contributed by atoms with Crippen LogP contribution in [0.15, 0.2) is 18.2 Å². The molecule has 1 fully saturated rings. The molecule has 0 aliphatic carbocycles. The first-order valence-corrected chi connectivity index (χ1v) is 7.11. The summed E-state index contributed by atoms with van der Waals surface area (Å²) >= 11 is 0. The standard InChI is InChI=1S/C15H17FN2O3/c16-12-2-1-11-4-6-18(13(11)8-12)15(21)17-5-3-10(9-17)7-14(19)20/h1-2,8,10H,3-7,9H2,(H,19,20). The van der Waals surface area contributed by atoms with Crippen molar-refractivity contribution in [3.05, 3.63) is 29.6 Å². The number of benzene rings is 1. The van der Waals surface area contributed by atoms with Gasteiger partial charge in [0.2, 0.25) is 0 Å². The number of fused-ring (bicyclic) bond motifs is 1. The highest BCUT2D eigenvalue weighted by Crippen LogP contribution is 2.31. The normalized spacial score (nSPS) is 20.7. The molecule has 1 aromatic carbocycles. The third-order valence-corrected chi connectivity index (χ3v) is 4.19. The second kappa shape index (κ2) is 5.35. The smallest absolute Gasteiger partial charge is 0.324 e. The van der Waals surface area contributed by atoms with Gasteiger partial charge in [0.1, 0.15) is 5.82 Å². The van der Waals surface area contributed by atoms with E-state index in [-0.39, 0.29) is 24.2 Å². The van der Waals surface area contributed by atoms with E-state index in [2.05, 4.69) is 0 Å². The van der Waals surface area contributed by atoms with E-state index < -0.39 is 5.97 Å². The van der Waals surface area contributed by atoms with Gasteiger partial charge in [-0.15, -0.1) is 0 Å². The number of amides is 2. The molecule has 0 aromatic heterocycles. The van der Waals surface area contributed by atoms with Gasteiger partial charge in [0, 0.05) is 26.1 Å². The van der Waals surface area contributed by atoms with Crippen LogP contribution in [0.1, 0.15) is 18.4 Å². The molecule has 0 bridgehead atoms. The molecule has 1 N–H and O–H groups in total. The monoisotopic (exact) mass is 292 g/mol. The van der Waals surface area contributed by atoms with Crippen LogP contribution >= 0.6 is 0 Å². The van der Waals surface area contributed by atoms with Crippen molar-refractivity contribution in [1.82, 2.24) is 4.90 Å². The van der Waals surface area contributed by atoms with Gasteiger partial charge in [-0.1, -0.05) is 6.07 Å². The third kappa shape index (κ3) is 2.70. The summed E-state index contributed by atoms with van der Waals surface area (Å²) in [5.74, 6) is -1.16. The zero-order valence-electron chi connectivity index (χ0n) is 11.6. The van der Waals surface area contributed by atoms with Gasteiger partial charge in [0.15, 0.2) is 0 Å². The third-order valence-electron chi connectivity index (χ3n) is 4.19. The molecule has 1 aromatic rings. The zero-order chi connectivity index (χ0) is 15.0. The first kappa shape index (κ1) is 13.9. The van der Waals surface area contributed by atoms with Crippen molar-refractivity contribution in [3.8, 4) is 0 Å². The Hall–Kier alpha value is -2.11. The quantitative estimate of drug-likeness (QED) is 0.908. The Labute approximate surface area is 122 Å².